The number of nitrogens with one attached hydrogen (secondary N) is 1. The van der Waals surface area contributed by atoms with E-state index in [9.17, 15) is 18.0 Å². The predicted molar refractivity (Wildman–Crippen MR) is 134 cm³/mol. The highest BCUT2D eigenvalue weighted by molar-refractivity contribution is 7.89. The van der Waals surface area contributed by atoms with Gasteiger partial charge in [0.1, 0.15) is 11.4 Å². The Morgan fingerprint density at radius 2 is 1.74 bits per heavy atom. The van der Waals surface area contributed by atoms with Gasteiger partial charge in [-0.1, -0.05) is 18.2 Å². The number of carbonyl (C=O) groups is 2. The molecule has 1 aromatic heterocycles. The highest BCUT2D eigenvalue weighted by Crippen LogP contribution is 2.33. The van der Waals surface area contributed by atoms with E-state index in [-0.39, 0.29) is 47.8 Å². The second kappa shape index (κ2) is 9.39. The molecule has 9 nitrogen and oxygen atoms in total. The smallest absolute Gasteiger partial charge is 0.246 e. The molecule has 35 heavy (non-hydrogen) atoms. The summed E-state index contributed by atoms with van der Waals surface area (Å²) in [6.45, 7) is 10.2. The minimum Gasteiger partial charge on any atom is -0.350 e. The normalized spacial score (nSPS) is 17.5. The SMILES string of the molecule is Cc1nn(CC(=O)NC(C)(C)C)c(C)c1S(=O)(=O)N1CCC(C(=O)N2CCc3ccccc32)CC1. The number of hydrogen-bond acceptors (Lipinski definition) is 5. The molecule has 1 aromatic carbocycles. The molecule has 0 saturated carbocycles. The van der Waals surface area contributed by atoms with Crippen molar-refractivity contribution in [3.8, 4) is 0 Å². The Bertz CT molecular complexity index is 1240. The van der Waals surface area contributed by atoms with Crippen LogP contribution in [0.5, 0.6) is 0 Å². The van der Waals surface area contributed by atoms with Gasteiger partial charge < -0.3 is 10.2 Å². The first-order valence-electron chi connectivity index (χ1n) is 12.1. The van der Waals surface area contributed by atoms with Crippen molar-refractivity contribution in [1.82, 2.24) is 19.4 Å². The van der Waals surface area contributed by atoms with E-state index in [0.29, 0.717) is 30.8 Å². The molecule has 10 heteroatoms. The van der Waals surface area contributed by atoms with Gasteiger partial charge in [-0.3, -0.25) is 14.3 Å². The molecule has 0 aliphatic carbocycles. The number of benzene rings is 1. The summed E-state index contributed by atoms with van der Waals surface area (Å²) < 4.78 is 30.0. The van der Waals surface area contributed by atoms with E-state index in [4.69, 9.17) is 0 Å². The van der Waals surface area contributed by atoms with Gasteiger partial charge in [-0.05, 0) is 65.5 Å². The molecule has 3 heterocycles. The number of sulfonamides is 1. The molecule has 0 bridgehead atoms. The molecular formula is C25H35N5O4S. The molecule has 2 aliphatic heterocycles. The summed E-state index contributed by atoms with van der Waals surface area (Å²) >= 11 is 0. The molecule has 1 saturated heterocycles. The average Bonchev–Trinajstić information content (AvgIpc) is 3.32. The van der Waals surface area contributed by atoms with Gasteiger partial charge in [-0.2, -0.15) is 9.40 Å². The van der Waals surface area contributed by atoms with E-state index in [1.807, 2.05) is 43.9 Å². The number of carbonyl (C=O) groups excluding carboxylic acids is 2. The van der Waals surface area contributed by atoms with Crippen LogP contribution in [-0.4, -0.2) is 59.5 Å². The number of fused-ring (bicyclic) bond motifs is 1. The Kier molecular flexibility index (Phi) is 6.80. The summed E-state index contributed by atoms with van der Waals surface area (Å²) in [7, 11) is -3.80. The fraction of sp³-hybridized carbons (Fsp3) is 0.560. The molecule has 0 unspecified atom stereocenters. The van der Waals surface area contributed by atoms with Crippen molar-refractivity contribution < 1.29 is 18.0 Å². The first kappa shape index (κ1) is 25.4. The highest BCUT2D eigenvalue weighted by atomic mass is 32.2. The molecular weight excluding hydrogens is 466 g/mol. The fourth-order valence-electron chi connectivity index (χ4n) is 5.06. The zero-order valence-corrected chi connectivity index (χ0v) is 22.0. The quantitative estimate of drug-likeness (QED) is 0.678. The Hall–Kier alpha value is -2.72. The van der Waals surface area contributed by atoms with Crippen LogP contribution >= 0.6 is 0 Å². The Morgan fingerprint density at radius 3 is 2.40 bits per heavy atom. The molecule has 1 N–H and O–H groups in total. The Morgan fingerprint density at radius 1 is 1.09 bits per heavy atom. The van der Waals surface area contributed by atoms with Gasteiger partial charge in [-0.25, -0.2) is 8.42 Å². The van der Waals surface area contributed by atoms with E-state index < -0.39 is 10.0 Å². The van der Waals surface area contributed by atoms with Crippen LogP contribution in [0.1, 0.15) is 50.6 Å². The van der Waals surface area contributed by atoms with Crippen molar-refractivity contribution in [2.24, 2.45) is 5.92 Å². The largest absolute Gasteiger partial charge is 0.350 e. The van der Waals surface area contributed by atoms with Crippen molar-refractivity contribution in [3.05, 3.63) is 41.2 Å². The van der Waals surface area contributed by atoms with Gasteiger partial charge in [0.2, 0.25) is 21.8 Å². The van der Waals surface area contributed by atoms with Crippen LogP contribution < -0.4 is 10.2 Å². The molecule has 0 atom stereocenters. The maximum absolute atomic E-state index is 13.5. The highest BCUT2D eigenvalue weighted by Gasteiger charge is 2.37. The molecule has 2 aromatic rings. The van der Waals surface area contributed by atoms with Crippen molar-refractivity contribution in [2.75, 3.05) is 24.5 Å². The molecule has 1 fully saturated rings. The topological polar surface area (TPSA) is 105 Å². The molecule has 4 rings (SSSR count). The van der Waals surface area contributed by atoms with Crippen LogP contribution in [0.4, 0.5) is 5.69 Å². The Balaban J connectivity index is 1.44. The average molecular weight is 502 g/mol. The summed E-state index contributed by atoms with van der Waals surface area (Å²) in [4.78, 5) is 27.6. The lowest BCUT2D eigenvalue weighted by Gasteiger charge is -2.32. The van der Waals surface area contributed by atoms with E-state index >= 15 is 0 Å². The van der Waals surface area contributed by atoms with Crippen LogP contribution in [0.25, 0.3) is 0 Å². The summed E-state index contributed by atoms with van der Waals surface area (Å²) in [6.07, 6.45) is 1.82. The van der Waals surface area contributed by atoms with Crippen molar-refractivity contribution >= 4 is 27.5 Å². The van der Waals surface area contributed by atoms with Crippen LogP contribution in [0.2, 0.25) is 0 Å². The van der Waals surface area contributed by atoms with E-state index in [1.165, 1.54) is 14.6 Å². The number of anilines is 1. The van der Waals surface area contributed by atoms with Gasteiger partial charge in [0, 0.05) is 36.8 Å². The first-order chi connectivity index (χ1) is 16.4. The molecule has 2 aliphatic rings. The zero-order chi connectivity index (χ0) is 25.5. The molecule has 0 radical (unpaired) electrons. The number of rotatable bonds is 5. The van der Waals surface area contributed by atoms with Crippen molar-refractivity contribution in [1.29, 1.82) is 0 Å². The van der Waals surface area contributed by atoms with E-state index in [2.05, 4.69) is 16.5 Å². The molecule has 2 amide bonds. The summed E-state index contributed by atoms with van der Waals surface area (Å²) in [5.74, 6) is -0.342. The fourth-order valence-corrected chi connectivity index (χ4v) is 6.90. The maximum Gasteiger partial charge on any atom is 0.246 e. The second-order valence-electron chi connectivity index (χ2n) is 10.5. The monoisotopic (exact) mass is 501 g/mol. The number of aromatic nitrogens is 2. The number of nitrogens with zero attached hydrogens (tertiary/aromatic N) is 4. The van der Waals surface area contributed by atoms with Gasteiger partial charge in [0.25, 0.3) is 0 Å². The molecule has 190 valence electrons. The lowest BCUT2D eigenvalue weighted by Crippen LogP contribution is -2.44. The number of amides is 2. The minimum absolute atomic E-state index is 0.0483. The number of aryl methyl sites for hydroxylation is 1. The minimum atomic E-state index is -3.80. The number of piperidine rings is 1. The Labute approximate surface area is 207 Å². The summed E-state index contributed by atoms with van der Waals surface area (Å²) in [6, 6.07) is 7.96. The molecule has 0 spiro atoms. The second-order valence-corrected chi connectivity index (χ2v) is 12.4. The zero-order valence-electron chi connectivity index (χ0n) is 21.2. The standard InChI is InChI=1S/C25H35N5O4S/c1-17-23(18(2)30(27-17)16-22(31)26-25(3,4)5)35(33,34)28-13-10-20(11-14-28)24(32)29-15-12-19-8-6-7-9-21(19)29/h6-9,20H,10-16H2,1-5H3,(H,26,31). The summed E-state index contributed by atoms with van der Waals surface area (Å²) in [5, 5.41) is 7.22. The third-order valence-corrected chi connectivity index (χ3v) is 8.83. The third-order valence-electron chi connectivity index (χ3n) is 6.68. The number of hydrogen-bond donors (Lipinski definition) is 1. The van der Waals surface area contributed by atoms with Crippen LogP contribution in [0, 0.1) is 19.8 Å². The third kappa shape index (κ3) is 5.13. The van der Waals surface area contributed by atoms with Crippen molar-refractivity contribution in [2.45, 2.75) is 70.9 Å². The predicted octanol–water partition coefficient (Wildman–Crippen LogP) is 2.40. The van der Waals surface area contributed by atoms with Crippen LogP contribution in [0.3, 0.4) is 0 Å². The first-order valence-corrected chi connectivity index (χ1v) is 13.6. The van der Waals surface area contributed by atoms with Gasteiger partial charge in [0.15, 0.2) is 0 Å². The van der Waals surface area contributed by atoms with Gasteiger partial charge in [0.05, 0.1) is 11.4 Å². The van der Waals surface area contributed by atoms with Crippen molar-refractivity contribution in [3.63, 3.8) is 0 Å². The summed E-state index contributed by atoms with van der Waals surface area (Å²) in [5.41, 5.74) is 2.58. The van der Waals surface area contributed by atoms with Crippen LogP contribution in [0.15, 0.2) is 29.2 Å². The van der Waals surface area contributed by atoms with E-state index in [1.54, 1.807) is 13.8 Å². The maximum atomic E-state index is 13.5. The number of para-hydroxylation sites is 1. The lowest BCUT2D eigenvalue weighted by atomic mass is 9.96. The van der Waals surface area contributed by atoms with E-state index in [0.717, 1.165) is 12.1 Å². The lowest BCUT2D eigenvalue weighted by molar-refractivity contribution is -0.124. The van der Waals surface area contributed by atoms with Crippen LogP contribution in [-0.2, 0) is 32.6 Å². The van der Waals surface area contributed by atoms with Gasteiger partial charge >= 0.3 is 0 Å². The van der Waals surface area contributed by atoms with Gasteiger partial charge in [-0.15, -0.1) is 0 Å².